The van der Waals surface area contributed by atoms with Gasteiger partial charge in [0.2, 0.25) is 0 Å². The standard InChI is InChI=1S/C22H28N6/c1-4-28-15-18(17(3)26-28)14-27-13-7-10-20(27)19-9-6-12-22(24-19)25-21-11-5-8-16(2)23-21/h5-6,8-9,11-12,15,20H,4,7,10,13-14H2,1-3H3,(H,23,24,25). The van der Waals surface area contributed by atoms with Crippen molar-refractivity contribution in [1.29, 1.82) is 0 Å². The van der Waals surface area contributed by atoms with Crippen LogP contribution in [0, 0.1) is 13.8 Å². The number of aryl methyl sites for hydroxylation is 3. The molecule has 3 aromatic rings. The highest BCUT2D eigenvalue weighted by Crippen LogP contribution is 2.33. The molecule has 1 unspecified atom stereocenters. The first-order chi connectivity index (χ1) is 13.6. The van der Waals surface area contributed by atoms with Crippen molar-refractivity contribution in [3.63, 3.8) is 0 Å². The van der Waals surface area contributed by atoms with Gasteiger partial charge in [-0.25, -0.2) is 9.97 Å². The average molecular weight is 377 g/mol. The Bertz CT molecular complexity index is 948. The zero-order valence-electron chi connectivity index (χ0n) is 16.9. The Hall–Kier alpha value is -2.73. The van der Waals surface area contributed by atoms with Crippen molar-refractivity contribution in [2.24, 2.45) is 0 Å². The number of anilines is 2. The second kappa shape index (κ2) is 8.10. The molecule has 1 aliphatic rings. The van der Waals surface area contributed by atoms with Gasteiger partial charge in [0, 0.05) is 30.5 Å². The van der Waals surface area contributed by atoms with Crippen LogP contribution in [0.5, 0.6) is 0 Å². The van der Waals surface area contributed by atoms with Gasteiger partial charge in [-0.15, -0.1) is 0 Å². The molecule has 4 rings (SSSR count). The van der Waals surface area contributed by atoms with E-state index in [9.17, 15) is 0 Å². The monoisotopic (exact) mass is 376 g/mol. The van der Waals surface area contributed by atoms with Crippen LogP contribution in [-0.4, -0.2) is 31.2 Å². The summed E-state index contributed by atoms with van der Waals surface area (Å²) in [4.78, 5) is 11.9. The van der Waals surface area contributed by atoms with E-state index in [2.05, 4.69) is 52.5 Å². The Kier molecular flexibility index (Phi) is 5.39. The van der Waals surface area contributed by atoms with Crippen LogP contribution in [0.15, 0.2) is 42.6 Å². The number of aromatic nitrogens is 4. The predicted molar refractivity (Wildman–Crippen MR) is 112 cm³/mol. The second-order valence-electron chi connectivity index (χ2n) is 7.46. The van der Waals surface area contributed by atoms with Crippen molar-refractivity contribution >= 4 is 11.6 Å². The Morgan fingerprint density at radius 1 is 1.07 bits per heavy atom. The van der Waals surface area contributed by atoms with Crippen LogP contribution in [0.25, 0.3) is 0 Å². The summed E-state index contributed by atoms with van der Waals surface area (Å²) in [5, 5.41) is 7.93. The van der Waals surface area contributed by atoms with E-state index in [0.717, 1.165) is 54.8 Å². The fourth-order valence-corrected chi connectivity index (χ4v) is 3.90. The van der Waals surface area contributed by atoms with Crippen LogP contribution in [-0.2, 0) is 13.1 Å². The van der Waals surface area contributed by atoms with Crippen molar-refractivity contribution in [3.8, 4) is 0 Å². The molecule has 4 heterocycles. The van der Waals surface area contributed by atoms with Crippen molar-refractivity contribution in [2.75, 3.05) is 11.9 Å². The number of pyridine rings is 2. The van der Waals surface area contributed by atoms with E-state index in [1.54, 1.807) is 0 Å². The summed E-state index contributed by atoms with van der Waals surface area (Å²) >= 11 is 0. The van der Waals surface area contributed by atoms with Gasteiger partial charge in [0.1, 0.15) is 11.6 Å². The zero-order valence-corrected chi connectivity index (χ0v) is 16.9. The van der Waals surface area contributed by atoms with E-state index in [0.29, 0.717) is 6.04 Å². The van der Waals surface area contributed by atoms with Crippen LogP contribution in [0.2, 0.25) is 0 Å². The van der Waals surface area contributed by atoms with E-state index in [-0.39, 0.29) is 0 Å². The minimum absolute atomic E-state index is 0.344. The van der Waals surface area contributed by atoms with Crippen molar-refractivity contribution in [2.45, 2.75) is 52.7 Å². The molecule has 1 atom stereocenters. The fraction of sp³-hybridized carbons (Fsp3) is 0.409. The van der Waals surface area contributed by atoms with Crippen LogP contribution >= 0.6 is 0 Å². The molecule has 0 amide bonds. The third-order valence-electron chi connectivity index (χ3n) is 5.37. The molecule has 0 bridgehead atoms. The smallest absolute Gasteiger partial charge is 0.131 e. The largest absolute Gasteiger partial charge is 0.325 e. The van der Waals surface area contributed by atoms with Gasteiger partial charge < -0.3 is 5.32 Å². The lowest BCUT2D eigenvalue weighted by Gasteiger charge is -2.24. The van der Waals surface area contributed by atoms with E-state index < -0.39 is 0 Å². The molecule has 6 heteroatoms. The minimum Gasteiger partial charge on any atom is -0.325 e. The molecular formula is C22H28N6. The highest BCUT2D eigenvalue weighted by atomic mass is 15.3. The number of hydrogen-bond donors (Lipinski definition) is 1. The first-order valence-corrected chi connectivity index (χ1v) is 10.1. The molecular weight excluding hydrogens is 348 g/mol. The molecule has 0 saturated carbocycles. The van der Waals surface area contributed by atoms with Crippen LogP contribution in [0.4, 0.5) is 11.6 Å². The summed E-state index contributed by atoms with van der Waals surface area (Å²) in [6.45, 7) is 9.15. The number of hydrogen-bond acceptors (Lipinski definition) is 5. The van der Waals surface area contributed by atoms with Gasteiger partial charge in [0.05, 0.1) is 17.4 Å². The average Bonchev–Trinajstić information content (AvgIpc) is 3.29. The lowest BCUT2D eigenvalue weighted by atomic mass is 10.1. The molecule has 0 spiro atoms. The van der Waals surface area contributed by atoms with Gasteiger partial charge in [0.25, 0.3) is 0 Å². The van der Waals surface area contributed by atoms with E-state index in [4.69, 9.17) is 4.98 Å². The van der Waals surface area contributed by atoms with Crippen molar-refractivity contribution in [1.82, 2.24) is 24.6 Å². The highest BCUT2D eigenvalue weighted by Gasteiger charge is 2.28. The lowest BCUT2D eigenvalue weighted by molar-refractivity contribution is 0.244. The molecule has 146 valence electrons. The van der Waals surface area contributed by atoms with Gasteiger partial charge in [0.15, 0.2) is 0 Å². The number of rotatable bonds is 6. The van der Waals surface area contributed by atoms with E-state index >= 15 is 0 Å². The Morgan fingerprint density at radius 2 is 1.86 bits per heavy atom. The number of nitrogens with one attached hydrogen (secondary N) is 1. The maximum atomic E-state index is 4.90. The summed E-state index contributed by atoms with van der Waals surface area (Å²) in [6.07, 6.45) is 4.52. The summed E-state index contributed by atoms with van der Waals surface area (Å²) < 4.78 is 2.02. The van der Waals surface area contributed by atoms with Gasteiger partial charge >= 0.3 is 0 Å². The molecule has 1 fully saturated rings. The van der Waals surface area contributed by atoms with Gasteiger partial charge in [-0.2, -0.15) is 5.10 Å². The predicted octanol–water partition coefficient (Wildman–Crippen LogP) is 4.39. The van der Waals surface area contributed by atoms with Gasteiger partial charge in [-0.3, -0.25) is 9.58 Å². The van der Waals surface area contributed by atoms with E-state index in [1.165, 1.54) is 12.0 Å². The van der Waals surface area contributed by atoms with Gasteiger partial charge in [-0.1, -0.05) is 12.1 Å². The molecule has 1 N–H and O–H groups in total. The summed E-state index contributed by atoms with van der Waals surface area (Å²) in [5.41, 5.74) is 4.55. The molecule has 0 aliphatic carbocycles. The first kappa shape index (κ1) is 18.6. The normalized spacial score (nSPS) is 17.2. The Labute approximate surface area is 166 Å². The highest BCUT2D eigenvalue weighted by molar-refractivity contribution is 5.51. The quantitative estimate of drug-likeness (QED) is 0.691. The molecule has 28 heavy (non-hydrogen) atoms. The molecule has 3 aromatic heterocycles. The summed E-state index contributed by atoms with van der Waals surface area (Å²) in [7, 11) is 0. The molecule has 1 aliphatic heterocycles. The molecule has 6 nitrogen and oxygen atoms in total. The zero-order chi connectivity index (χ0) is 19.5. The minimum atomic E-state index is 0.344. The second-order valence-corrected chi connectivity index (χ2v) is 7.46. The molecule has 1 saturated heterocycles. The number of nitrogens with zero attached hydrogens (tertiary/aromatic N) is 5. The van der Waals surface area contributed by atoms with E-state index in [1.807, 2.05) is 35.9 Å². The number of likely N-dealkylation sites (tertiary alicyclic amines) is 1. The van der Waals surface area contributed by atoms with Crippen LogP contribution in [0.3, 0.4) is 0 Å². The molecule has 0 radical (unpaired) electrons. The van der Waals surface area contributed by atoms with Crippen molar-refractivity contribution in [3.05, 3.63) is 65.2 Å². The first-order valence-electron chi connectivity index (χ1n) is 10.1. The summed E-state index contributed by atoms with van der Waals surface area (Å²) in [5.74, 6) is 1.67. The molecule has 0 aromatic carbocycles. The lowest BCUT2D eigenvalue weighted by Crippen LogP contribution is -2.23. The summed E-state index contributed by atoms with van der Waals surface area (Å²) in [6, 6.07) is 12.5. The third-order valence-corrected chi connectivity index (χ3v) is 5.37. The SMILES string of the molecule is CCn1cc(CN2CCCC2c2cccc(Nc3cccc(C)n3)n2)c(C)n1. The Morgan fingerprint density at radius 3 is 2.61 bits per heavy atom. The maximum Gasteiger partial charge on any atom is 0.131 e. The van der Waals surface area contributed by atoms with Crippen LogP contribution < -0.4 is 5.32 Å². The van der Waals surface area contributed by atoms with Crippen LogP contribution in [0.1, 0.15) is 48.5 Å². The fourth-order valence-electron chi connectivity index (χ4n) is 3.90. The van der Waals surface area contributed by atoms with Crippen molar-refractivity contribution < 1.29 is 0 Å². The Balaban J connectivity index is 1.51. The van der Waals surface area contributed by atoms with Gasteiger partial charge in [-0.05, 0) is 64.4 Å². The maximum absolute atomic E-state index is 4.90. The topological polar surface area (TPSA) is 58.9 Å². The third kappa shape index (κ3) is 4.07.